The van der Waals surface area contributed by atoms with Gasteiger partial charge in [-0.25, -0.2) is 0 Å². The lowest BCUT2D eigenvalue weighted by Gasteiger charge is -2.31. The smallest absolute Gasteiger partial charge is 0.273 e. The van der Waals surface area contributed by atoms with Gasteiger partial charge in [-0.3, -0.25) is 15.0 Å². The van der Waals surface area contributed by atoms with Crippen LogP contribution in [0, 0.1) is 16.0 Å². The molecule has 0 aromatic heterocycles. The summed E-state index contributed by atoms with van der Waals surface area (Å²) in [6.45, 7) is 6.28. The number of piperidine rings is 1. The number of benzene rings is 1. The van der Waals surface area contributed by atoms with Crippen molar-refractivity contribution in [3.05, 3.63) is 39.9 Å². The van der Waals surface area contributed by atoms with Gasteiger partial charge in [-0.15, -0.1) is 0 Å². The Morgan fingerprint density at radius 1 is 1.35 bits per heavy atom. The molecule has 1 aromatic carbocycles. The van der Waals surface area contributed by atoms with Crippen molar-refractivity contribution in [2.24, 2.45) is 5.92 Å². The van der Waals surface area contributed by atoms with Gasteiger partial charge in [0.1, 0.15) is 0 Å². The fourth-order valence-electron chi connectivity index (χ4n) is 2.66. The summed E-state index contributed by atoms with van der Waals surface area (Å²) in [5.74, 6) is 0.636. The van der Waals surface area contributed by atoms with Gasteiger partial charge < -0.3 is 4.74 Å². The van der Waals surface area contributed by atoms with Crippen molar-refractivity contribution in [1.82, 2.24) is 4.90 Å². The number of para-hydroxylation sites is 1. The zero-order chi connectivity index (χ0) is 14.4. The number of hydrogen-bond donors (Lipinski definition) is 0. The largest absolute Gasteiger partial charge is 0.381 e. The molecule has 1 heterocycles. The van der Waals surface area contributed by atoms with Gasteiger partial charge in [-0.1, -0.05) is 18.2 Å². The average molecular weight is 278 g/mol. The Kier molecular flexibility index (Phi) is 5.49. The van der Waals surface area contributed by atoms with Crippen LogP contribution in [0.3, 0.4) is 0 Å². The molecule has 1 fully saturated rings. The van der Waals surface area contributed by atoms with Crippen molar-refractivity contribution in [1.29, 1.82) is 0 Å². The van der Waals surface area contributed by atoms with E-state index in [1.54, 1.807) is 12.1 Å². The maximum Gasteiger partial charge on any atom is 0.273 e. The number of nitro groups is 1. The number of ether oxygens (including phenoxy) is 1. The van der Waals surface area contributed by atoms with Crippen molar-refractivity contribution >= 4 is 5.69 Å². The molecule has 0 radical (unpaired) electrons. The van der Waals surface area contributed by atoms with Crippen LogP contribution in [0.25, 0.3) is 0 Å². The van der Waals surface area contributed by atoms with Crippen LogP contribution in [0.15, 0.2) is 24.3 Å². The van der Waals surface area contributed by atoms with E-state index in [-0.39, 0.29) is 10.6 Å². The van der Waals surface area contributed by atoms with Crippen LogP contribution >= 0.6 is 0 Å². The zero-order valence-corrected chi connectivity index (χ0v) is 12.0. The minimum absolute atomic E-state index is 0.226. The van der Waals surface area contributed by atoms with Crippen LogP contribution in [-0.2, 0) is 11.3 Å². The molecule has 5 heteroatoms. The molecule has 0 amide bonds. The van der Waals surface area contributed by atoms with Crippen LogP contribution in [-0.4, -0.2) is 36.1 Å². The Hall–Kier alpha value is -1.46. The monoisotopic (exact) mass is 278 g/mol. The minimum atomic E-state index is -0.294. The Labute approximate surface area is 119 Å². The van der Waals surface area contributed by atoms with Gasteiger partial charge in [0.25, 0.3) is 5.69 Å². The highest BCUT2D eigenvalue weighted by molar-refractivity contribution is 5.39. The second-order valence-electron chi connectivity index (χ2n) is 5.26. The predicted molar refractivity (Wildman–Crippen MR) is 77.6 cm³/mol. The number of hydrogen-bond acceptors (Lipinski definition) is 4. The Balaban J connectivity index is 1.88. The number of nitrogens with zero attached hydrogens (tertiary/aromatic N) is 2. The average Bonchev–Trinajstić information content (AvgIpc) is 2.47. The summed E-state index contributed by atoms with van der Waals surface area (Å²) in [7, 11) is 0. The third-order valence-corrected chi connectivity index (χ3v) is 3.85. The first kappa shape index (κ1) is 14.9. The normalized spacial score (nSPS) is 17.2. The summed E-state index contributed by atoms with van der Waals surface area (Å²) in [6, 6.07) is 7.02. The number of rotatable bonds is 6. The number of likely N-dealkylation sites (tertiary alicyclic amines) is 1. The maximum absolute atomic E-state index is 11.0. The minimum Gasteiger partial charge on any atom is -0.381 e. The van der Waals surface area contributed by atoms with Crippen molar-refractivity contribution in [2.45, 2.75) is 26.3 Å². The SMILES string of the molecule is CCOCC1CCN(Cc2ccccc2[N+](=O)[O-])CC1. The summed E-state index contributed by atoms with van der Waals surface area (Å²) in [5, 5.41) is 11.0. The maximum atomic E-state index is 11.0. The van der Waals surface area contributed by atoms with Crippen LogP contribution in [0.2, 0.25) is 0 Å². The van der Waals surface area contributed by atoms with Gasteiger partial charge in [-0.2, -0.15) is 0 Å². The molecule has 0 N–H and O–H groups in total. The van der Waals surface area contributed by atoms with E-state index in [4.69, 9.17) is 4.74 Å². The molecule has 0 unspecified atom stereocenters. The molecule has 2 rings (SSSR count). The van der Waals surface area contributed by atoms with E-state index in [1.165, 1.54) is 0 Å². The van der Waals surface area contributed by atoms with Crippen LogP contribution < -0.4 is 0 Å². The van der Waals surface area contributed by atoms with Gasteiger partial charge in [-0.05, 0) is 38.8 Å². The topological polar surface area (TPSA) is 55.6 Å². The molecule has 20 heavy (non-hydrogen) atoms. The first-order valence-electron chi connectivity index (χ1n) is 7.23. The molecule has 0 bridgehead atoms. The van der Waals surface area contributed by atoms with E-state index >= 15 is 0 Å². The molecule has 1 aliphatic heterocycles. The lowest BCUT2D eigenvalue weighted by molar-refractivity contribution is -0.385. The second-order valence-corrected chi connectivity index (χ2v) is 5.26. The summed E-state index contributed by atoms with van der Waals surface area (Å²) in [6.07, 6.45) is 2.22. The highest BCUT2D eigenvalue weighted by Crippen LogP contribution is 2.23. The third-order valence-electron chi connectivity index (χ3n) is 3.85. The van der Waals surface area contributed by atoms with Gasteiger partial charge in [0, 0.05) is 31.4 Å². The summed E-state index contributed by atoms with van der Waals surface area (Å²) in [4.78, 5) is 13.0. The van der Waals surface area contributed by atoms with Gasteiger partial charge in [0.15, 0.2) is 0 Å². The van der Waals surface area contributed by atoms with E-state index in [1.807, 2.05) is 19.1 Å². The molecular weight excluding hydrogens is 256 g/mol. The first-order valence-corrected chi connectivity index (χ1v) is 7.23. The number of nitro benzene ring substituents is 1. The lowest BCUT2D eigenvalue weighted by Crippen LogP contribution is -2.34. The van der Waals surface area contributed by atoms with E-state index in [2.05, 4.69) is 4.90 Å². The molecule has 0 spiro atoms. The van der Waals surface area contributed by atoms with Crippen LogP contribution in [0.5, 0.6) is 0 Å². The molecule has 0 aliphatic carbocycles. The fraction of sp³-hybridized carbons (Fsp3) is 0.600. The summed E-state index contributed by atoms with van der Waals surface area (Å²) >= 11 is 0. The van der Waals surface area contributed by atoms with Crippen molar-refractivity contribution in [3.63, 3.8) is 0 Å². The highest BCUT2D eigenvalue weighted by atomic mass is 16.6. The second kappa shape index (κ2) is 7.36. The Morgan fingerprint density at radius 2 is 2.05 bits per heavy atom. The Morgan fingerprint density at radius 3 is 2.70 bits per heavy atom. The van der Waals surface area contributed by atoms with E-state index in [0.29, 0.717) is 12.5 Å². The van der Waals surface area contributed by atoms with E-state index in [0.717, 1.165) is 44.7 Å². The molecule has 1 saturated heterocycles. The van der Waals surface area contributed by atoms with Crippen molar-refractivity contribution in [2.75, 3.05) is 26.3 Å². The van der Waals surface area contributed by atoms with Crippen LogP contribution in [0.4, 0.5) is 5.69 Å². The van der Waals surface area contributed by atoms with Gasteiger partial charge in [0.05, 0.1) is 4.92 Å². The fourth-order valence-corrected chi connectivity index (χ4v) is 2.66. The Bertz CT molecular complexity index is 442. The molecule has 0 saturated carbocycles. The van der Waals surface area contributed by atoms with E-state index in [9.17, 15) is 10.1 Å². The molecule has 110 valence electrons. The molecular formula is C15H22N2O3. The quantitative estimate of drug-likeness (QED) is 0.593. The molecule has 0 atom stereocenters. The molecule has 1 aromatic rings. The van der Waals surface area contributed by atoms with Gasteiger partial charge >= 0.3 is 0 Å². The van der Waals surface area contributed by atoms with Gasteiger partial charge in [0.2, 0.25) is 0 Å². The lowest BCUT2D eigenvalue weighted by atomic mass is 9.97. The first-order chi connectivity index (χ1) is 9.70. The molecule has 1 aliphatic rings. The van der Waals surface area contributed by atoms with Crippen molar-refractivity contribution < 1.29 is 9.66 Å². The summed E-state index contributed by atoms with van der Waals surface area (Å²) < 4.78 is 5.47. The van der Waals surface area contributed by atoms with E-state index < -0.39 is 0 Å². The standard InChI is InChI=1S/C15H22N2O3/c1-2-20-12-13-7-9-16(10-8-13)11-14-5-3-4-6-15(14)17(18)19/h3-6,13H,2,7-12H2,1H3. The van der Waals surface area contributed by atoms with Crippen LogP contribution in [0.1, 0.15) is 25.3 Å². The zero-order valence-electron chi connectivity index (χ0n) is 12.0. The predicted octanol–water partition coefficient (Wildman–Crippen LogP) is 2.84. The van der Waals surface area contributed by atoms with Crippen molar-refractivity contribution in [3.8, 4) is 0 Å². The third kappa shape index (κ3) is 4.02. The molecule has 5 nitrogen and oxygen atoms in total. The highest BCUT2D eigenvalue weighted by Gasteiger charge is 2.21. The summed E-state index contributed by atoms with van der Waals surface area (Å²) in [5.41, 5.74) is 1.03.